The van der Waals surface area contributed by atoms with Crippen LogP contribution in [0.2, 0.25) is 0 Å². The molecule has 0 radical (unpaired) electrons. The molecule has 1 heterocycles. The zero-order chi connectivity index (χ0) is 10.9. The van der Waals surface area contributed by atoms with Crippen LogP contribution in [0.15, 0.2) is 18.7 Å². The van der Waals surface area contributed by atoms with E-state index in [2.05, 4.69) is 9.97 Å². The fourth-order valence-electron chi connectivity index (χ4n) is 2.22. The zero-order valence-corrected chi connectivity index (χ0v) is 8.81. The third-order valence-electron chi connectivity index (χ3n) is 3.37. The largest absolute Gasteiger partial charge is 0.327 e. The van der Waals surface area contributed by atoms with Gasteiger partial charge in [0.05, 0.1) is 5.56 Å². The number of carbonyl (C=O) groups excluding carboxylic acids is 1. The van der Waals surface area contributed by atoms with Crippen molar-refractivity contribution in [3.63, 3.8) is 0 Å². The lowest BCUT2D eigenvalue weighted by Crippen LogP contribution is -2.41. The molecule has 2 rings (SSSR count). The summed E-state index contributed by atoms with van der Waals surface area (Å²) in [5.74, 6) is 0.0769. The third kappa shape index (κ3) is 1.65. The molecule has 80 valence electrons. The Labute approximate surface area is 88.9 Å². The maximum Gasteiger partial charge on any atom is 0.173 e. The Bertz CT molecular complexity index is 365. The summed E-state index contributed by atoms with van der Waals surface area (Å²) >= 11 is 0. The van der Waals surface area contributed by atoms with Gasteiger partial charge in [0, 0.05) is 23.9 Å². The molecule has 0 aromatic carbocycles. The van der Waals surface area contributed by atoms with Crippen LogP contribution >= 0.6 is 0 Å². The molecule has 0 bridgehead atoms. The predicted octanol–water partition coefficient (Wildman–Crippen LogP) is 1.18. The Kier molecular flexibility index (Phi) is 2.52. The van der Waals surface area contributed by atoms with Crippen LogP contribution in [0.4, 0.5) is 0 Å². The van der Waals surface area contributed by atoms with Crippen molar-refractivity contribution in [1.82, 2.24) is 9.97 Å². The summed E-state index contributed by atoms with van der Waals surface area (Å²) in [6, 6.07) is -0.0368. The van der Waals surface area contributed by atoms with Crippen LogP contribution in [-0.2, 0) is 0 Å². The maximum atomic E-state index is 12.2. The van der Waals surface area contributed by atoms with E-state index >= 15 is 0 Å². The number of hydrogen-bond donors (Lipinski definition) is 1. The number of Topliss-reactive ketones (excluding diaryl/α,β-unsaturated/α-hetero) is 1. The number of nitrogens with two attached hydrogens (primary N) is 1. The maximum absolute atomic E-state index is 12.2. The lowest BCUT2D eigenvalue weighted by atomic mass is 9.78. The second-order valence-corrected chi connectivity index (χ2v) is 4.37. The normalized spacial score (nSPS) is 30.4. The van der Waals surface area contributed by atoms with Crippen molar-refractivity contribution in [3.05, 3.63) is 24.3 Å². The van der Waals surface area contributed by atoms with Crippen LogP contribution in [-0.4, -0.2) is 21.8 Å². The third-order valence-corrected chi connectivity index (χ3v) is 3.37. The Hall–Kier alpha value is -1.29. The van der Waals surface area contributed by atoms with Gasteiger partial charge in [0.2, 0.25) is 0 Å². The quantitative estimate of drug-likeness (QED) is 0.736. The smallest absolute Gasteiger partial charge is 0.173 e. The topological polar surface area (TPSA) is 68.9 Å². The van der Waals surface area contributed by atoms with E-state index in [9.17, 15) is 4.79 Å². The van der Waals surface area contributed by atoms with Gasteiger partial charge >= 0.3 is 0 Å². The monoisotopic (exact) mass is 205 g/mol. The Morgan fingerprint density at radius 1 is 1.53 bits per heavy atom. The van der Waals surface area contributed by atoms with Gasteiger partial charge < -0.3 is 5.73 Å². The zero-order valence-electron chi connectivity index (χ0n) is 8.81. The van der Waals surface area contributed by atoms with E-state index in [-0.39, 0.29) is 11.8 Å². The van der Waals surface area contributed by atoms with E-state index in [0.717, 1.165) is 19.3 Å². The standard InChI is InChI=1S/C11H15N3O/c1-11(4-2-3-9(11)12)10(15)8-5-13-7-14-6-8/h5-7,9H,2-4,12H2,1H3. The Morgan fingerprint density at radius 2 is 2.20 bits per heavy atom. The van der Waals surface area contributed by atoms with Crippen molar-refractivity contribution < 1.29 is 4.79 Å². The summed E-state index contributed by atoms with van der Waals surface area (Å²) in [5, 5.41) is 0. The van der Waals surface area contributed by atoms with Crippen LogP contribution in [0.3, 0.4) is 0 Å². The van der Waals surface area contributed by atoms with Gasteiger partial charge in [-0.05, 0) is 12.8 Å². The minimum absolute atomic E-state index is 0.0368. The van der Waals surface area contributed by atoms with Crippen molar-refractivity contribution in [2.75, 3.05) is 0 Å². The number of ketones is 1. The first kappa shape index (κ1) is 10.2. The van der Waals surface area contributed by atoms with Gasteiger partial charge in [0.25, 0.3) is 0 Å². The minimum atomic E-state index is -0.426. The van der Waals surface area contributed by atoms with Crippen molar-refractivity contribution in [2.45, 2.75) is 32.2 Å². The average Bonchev–Trinajstić information content (AvgIpc) is 2.61. The van der Waals surface area contributed by atoms with E-state index in [1.165, 1.54) is 6.33 Å². The number of aromatic nitrogens is 2. The predicted molar refractivity (Wildman–Crippen MR) is 56.3 cm³/mol. The fraction of sp³-hybridized carbons (Fsp3) is 0.545. The summed E-state index contributed by atoms with van der Waals surface area (Å²) in [7, 11) is 0. The van der Waals surface area contributed by atoms with Crippen LogP contribution in [0.5, 0.6) is 0 Å². The molecule has 4 nitrogen and oxygen atoms in total. The van der Waals surface area contributed by atoms with Gasteiger partial charge in [-0.15, -0.1) is 0 Å². The molecule has 1 aliphatic carbocycles. The lowest BCUT2D eigenvalue weighted by Gasteiger charge is -2.26. The van der Waals surface area contributed by atoms with E-state index < -0.39 is 5.41 Å². The summed E-state index contributed by atoms with van der Waals surface area (Å²) in [6.45, 7) is 1.94. The van der Waals surface area contributed by atoms with Gasteiger partial charge in [0.15, 0.2) is 5.78 Å². The minimum Gasteiger partial charge on any atom is -0.327 e. The first-order valence-electron chi connectivity index (χ1n) is 5.20. The van der Waals surface area contributed by atoms with Crippen LogP contribution in [0.1, 0.15) is 36.5 Å². The van der Waals surface area contributed by atoms with Gasteiger partial charge in [0.1, 0.15) is 6.33 Å². The van der Waals surface area contributed by atoms with Crippen LogP contribution in [0.25, 0.3) is 0 Å². The van der Waals surface area contributed by atoms with E-state index in [0.29, 0.717) is 5.56 Å². The average molecular weight is 205 g/mol. The van der Waals surface area contributed by atoms with E-state index in [4.69, 9.17) is 5.73 Å². The number of hydrogen-bond acceptors (Lipinski definition) is 4. The number of carbonyl (C=O) groups is 1. The Balaban J connectivity index is 2.28. The summed E-state index contributed by atoms with van der Waals surface area (Å²) in [6.07, 6.45) is 7.36. The number of rotatable bonds is 2. The highest BCUT2D eigenvalue weighted by atomic mass is 16.1. The summed E-state index contributed by atoms with van der Waals surface area (Å²) in [4.78, 5) is 19.9. The van der Waals surface area contributed by atoms with Crippen molar-refractivity contribution in [1.29, 1.82) is 0 Å². The highest BCUT2D eigenvalue weighted by Gasteiger charge is 2.43. The highest BCUT2D eigenvalue weighted by molar-refractivity contribution is 6.00. The molecule has 1 saturated carbocycles. The fourth-order valence-corrected chi connectivity index (χ4v) is 2.22. The van der Waals surface area contributed by atoms with Gasteiger partial charge in [-0.25, -0.2) is 9.97 Å². The lowest BCUT2D eigenvalue weighted by molar-refractivity contribution is 0.0802. The van der Waals surface area contributed by atoms with Gasteiger partial charge in [-0.2, -0.15) is 0 Å². The molecule has 1 aliphatic rings. The molecular formula is C11H15N3O. The first-order chi connectivity index (χ1) is 7.14. The SMILES string of the molecule is CC1(C(=O)c2cncnc2)CCCC1N. The van der Waals surface area contributed by atoms with E-state index in [1.807, 2.05) is 6.92 Å². The molecule has 1 aromatic rings. The molecule has 15 heavy (non-hydrogen) atoms. The molecule has 1 aromatic heterocycles. The molecule has 2 atom stereocenters. The number of nitrogens with zero attached hydrogens (tertiary/aromatic N) is 2. The molecule has 2 unspecified atom stereocenters. The molecule has 0 aliphatic heterocycles. The van der Waals surface area contributed by atoms with Crippen molar-refractivity contribution >= 4 is 5.78 Å². The molecule has 0 amide bonds. The molecule has 0 spiro atoms. The highest BCUT2D eigenvalue weighted by Crippen LogP contribution is 2.39. The second-order valence-electron chi connectivity index (χ2n) is 4.37. The summed E-state index contributed by atoms with van der Waals surface area (Å²) in [5.41, 5.74) is 6.13. The summed E-state index contributed by atoms with van der Waals surface area (Å²) < 4.78 is 0. The van der Waals surface area contributed by atoms with Gasteiger partial charge in [-0.1, -0.05) is 13.3 Å². The van der Waals surface area contributed by atoms with Crippen molar-refractivity contribution in [3.8, 4) is 0 Å². The van der Waals surface area contributed by atoms with Gasteiger partial charge in [-0.3, -0.25) is 4.79 Å². The Morgan fingerprint density at radius 3 is 2.73 bits per heavy atom. The van der Waals surface area contributed by atoms with Crippen LogP contribution in [0, 0.1) is 5.41 Å². The molecule has 0 saturated heterocycles. The van der Waals surface area contributed by atoms with E-state index in [1.54, 1.807) is 12.4 Å². The van der Waals surface area contributed by atoms with Crippen molar-refractivity contribution in [2.24, 2.45) is 11.1 Å². The molecule has 1 fully saturated rings. The first-order valence-corrected chi connectivity index (χ1v) is 5.20. The molecule has 2 N–H and O–H groups in total. The second kappa shape index (κ2) is 3.70. The van der Waals surface area contributed by atoms with Crippen LogP contribution < -0.4 is 5.73 Å². The molecular weight excluding hydrogens is 190 g/mol. The molecule has 4 heteroatoms.